The number of hydrogen-bond donors (Lipinski definition) is 2. The van der Waals surface area contributed by atoms with Crippen molar-refractivity contribution in [2.45, 2.75) is 19.4 Å². The Kier molecular flexibility index (Phi) is 4.35. The maximum Gasteiger partial charge on any atom is 0.142 e. The summed E-state index contributed by atoms with van der Waals surface area (Å²) < 4.78 is 7.85. The zero-order valence-corrected chi connectivity index (χ0v) is 13.3. The number of anilines is 1. The number of rotatable bonds is 4. The standard InChI is InChI=1S/C14H18BrN3O2/c1-8-13(15)10(18(2)17-8)7-11(19)9-5-4-6-12(20-3)14(9)16/h4-6,11,19H,7,16H2,1-3H3. The smallest absolute Gasteiger partial charge is 0.142 e. The Morgan fingerprint density at radius 2 is 2.20 bits per heavy atom. The van der Waals surface area contributed by atoms with Crippen LogP contribution in [0.25, 0.3) is 0 Å². The maximum atomic E-state index is 10.4. The van der Waals surface area contributed by atoms with Crippen molar-refractivity contribution in [3.63, 3.8) is 0 Å². The first-order valence-electron chi connectivity index (χ1n) is 6.24. The molecule has 3 N–H and O–H groups in total. The molecule has 2 rings (SSSR count). The van der Waals surface area contributed by atoms with Crippen LogP contribution in [0.5, 0.6) is 5.75 Å². The van der Waals surface area contributed by atoms with E-state index in [9.17, 15) is 5.11 Å². The molecule has 0 aliphatic heterocycles. The number of para-hydroxylation sites is 1. The minimum absolute atomic E-state index is 0.426. The first-order chi connectivity index (χ1) is 9.45. The average molecular weight is 340 g/mol. The van der Waals surface area contributed by atoms with Crippen molar-refractivity contribution in [3.8, 4) is 5.75 Å². The molecule has 20 heavy (non-hydrogen) atoms. The summed E-state index contributed by atoms with van der Waals surface area (Å²) in [6, 6.07) is 5.40. The van der Waals surface area contributed by atoms with Gasteiger partial charge in [-0.15, -0.1) is 0 Å². The molecule has 1 unspecified atom stereocenters. The molecule has 1 aromatic carbocycles. The van der Waals surface area contributed by atoms with Gasteiger partial charge >= 0.3 is 0 Å². The van der Waals surface area contributed by atoms with Crippen LogP contribution in [0.15, 0.2) is 22.7 Å². The Hall–Kier alpha value is -1.53. The topological polar surface area (TPSA) is 73.3 Å². The van der Waals surface area contributed by atoms with Crippen LogP contribution in [-0.4, -0.2) is 22.0 Å². The third-order valence-corrected chi connectivity index (χ3v) is 4.36. The Morgan fingerprint density at radius 3 is 2.75 bits per heavy atom. The molecule has 0 amide bonds. The number of aliphatic hydroxyl groups excluding tert-OH is 1. The third-order valence-electron chi connectivity index (χ3n) is 3.33. The molecule has 0 bridgehead atoms. The van der Waals surface area contributed by atoms with Gasteiger partial charge in [0.2, 0.25) is 0 Å². The molecular weight excluding hydrogens is 322 g/mol. The lowest BCUT2D eigenvalue weighted by molar-refractivity contribution is 0.176. The van der Waals surface area contributed by atoms with E-state index < -0.39 is 6.10 Å². The van der Waals surface area contributed by atoms with Crippen LogP contribution in [0.1, 0.15) is 23.1 Å². The molecule has 0 spiro atoms. The van der Waals surface area contributed by atoms with Gasteiger partial charge in [0.05, 0.1) is 34.8 Å². The number of aromatic nitrogens is 2. The van der Waals surface area contributed by atoms with E-state index in [0.29, 0.717) is 23.4 Å². The average Bonchev–Trinajstić information content (AvgIpc) is 2.65. The zero-order valence-electron chi connectivity index (χ0n) is 11.7. The second kappa shape index (κ2) is 5.85. The highest BCUT2D eigenvalue weighted by Crippen LogP contribution is 2.32. The summed E-state index contributed by atoms with van der Waals surface area (Å²) in [5, 5.41) is 14.8. The SMILES string of the molecule is COc1cccc(C(O)Cc2c(Br)c(C)nn2C)c1N. The second-order valence-corrected chi connectivity index (χ2v) is 5.45. The molecule has 1 atom stereocenters. The lowest BCUT2D eigenvalue weighted by Gasteiger charge is -2.16. The fourth-order valence-electron chi connectivity index (χ4n) is 2.22. The van der Waals surface area contributed by atoms with Crippen LogP contribution in [0.4, 0.5) is 5.69 Å². The molecule has 0 saturated heterocycles. The predicted octanol–water partition coefficient (Wildman–Crippen LogP) is 2.36. The van der Waals surface area contributed by atoms with Gasteiger partial charge in [-0.1, -0.05) is 12.1 Å². The van der Waals surface area contributed by atoms with Crippen LogP contribution >= 0.6 is 15.9 Å². The Balaban J connectivity index is 2.31. The summed E-state index contributed by atoms with van der Waals surface area (Å²) in [5.74, 6) is 0.571. The summed E-state index contributed by atoms with van der Waals surface area (Å²) in [6.45, 7) is 1.92. The molecule has 5 nitrogen and oxygen atoms in total. The molecule has 2 aromatic rings. The van der Waals surface area contributed by atoms with Crippen LogP contribution in [0, 0.1) is 6.92 Å². The van der Waals surface area contributed by atoms with Gasteiger partial charge in [-0.05, 0) is 28.9 Å². The molecule has 0 aliphatic carbocycles. The van der Waals surface area contributed by atoms with E-state index in [2.05, 4.69) is 21.0 Å². The van der Waals surface area contributed by atoms with Crippen LogP contribution in [-0.2, 0) is 13.5 Å². The number of hydrogen-bond acceptors (Lipinski definition) is 4. The van der Waals surface area contributed by atoms with Crippen molar-refractivity contribution < 1.29 is 9.84 Å². The van der Waals surface area contributed by atoms with Crippen LogP contribution in [0.3, 0.4) is 0 Å². The molecule has 1 aromatic heterocycles. The number of methoxy groups -OCH3 is 1. The van der Waals surface area contributed by atoms with Crippen molar-refractivity contribution in [3.05, 3.63) is 39.6 Å². The molecule has 6 heteroatoms. The number of halogens is 1. The highest BCUT2D eigenvalue weighted by Gasteiger charge is 2.19. The zero-order chi connectivity index (χ0) is 14.9. The summed E-state index contributed by atoms with van der Waals surface area (Å²) in [4.78, 5) is 0. The van der Waals surface area contributed by atoms with E-state index in [4.69, 9.17) is 10.5 Å². The van der Waals surface area contributed by atoms with Gasteiger partial charge in [0.15, 0.2) is 0 Å². The van der Waals surface area contributed by atoms with Crippen molar-refractivity contribution in [1.82, 2.24) is 9.78 Å². The predicted molar refractivity (Wildman–Crippen MR) is 81.7 cm³/mol. The number of ether oxygens (including phenoxy) is 1. The number of benzene rings is 1. The van der Waals surface area contributed by atoms with E-state index in [0.717, 1.165) is 15.9 Å². The molecular formula is C14H18BrN3O2. The van der Waals surface area contributed by atoms with Gasteiger partial charge in [0.25, 0.3) is 0 Å². The number of aliphatic hydroxyl groups is 1. The highest BCUT2D eigenvalue weighted by molar-refractivity contribution is 9.10. The van der Waals surface area contributed by atoms with E-state index in [1.165, 1.54) is 0 Å². The summed E-state index contributed by atoms with van der Waals surface area (Å²) in [6.07, 6.45) is -0.286. The maximum absolute atomic E-state index is 10.4. The lowest BCUT2D eigenvalue weighted by atomic mass is 10.0. The van der Waals surface area contributed by atoms with Gasteiger partial charge in [-0.2, -0.15) is 5.10 Å². The normalized spacial score (nSPS) is 12.4. The quantitative estimate of drug-likeness (QED) is 0.838. The van der Waals surface area contributed by atoms with E-state index in [-0.39, 0.29) is 0 Å². The summed E-state index contributed by atoms with van der Waals surface area (Å²) >= 11 is 3.50. The molecule has 108 valence electrons. The monoisotopic (exact) mass is 339 g/mol. The van der Waals surface area contributed by atoms with Crippen LogP contribution < -0.4 is 10.5 Å². The van der Waals surface area contributed by atoms with E-state index >= 15 is 0 Å². The molecule has 1 heterocycles. The van der Waals surface area contributed by atoms with Gasteiger partial charge in [0, 0.05) is 19.0 Å². The Labute approximate surface area is 126 Å². The largest absolute Gasteiger partial charge is 0.495 e. The van der Waals surface area contributed by atoms with E-state index in [1.54, 1.807) is 23.9 Å². The van der Waals surface area contributed by atoms with Crippen molar-refractivity contribution in [2.24, 2.45) is 7.05 Å². The first-order valence-corrected chi connectivity index (χ1v) is 7.03. The minimum Gasteiger partial charge on any atom is -0.495 e. The number of aryl methyl sites for hydroxylation is 2. The fraction of sp³-hybridized carbons (Fsp3) is 0.357. The number of nitrogens with two attached hydrogens (primary N) is 1. The molecule has 0 radical (unpaired) electrons. The number of nitrogen functional groups attached to an aromatic ring is 1. The lowest BCUT2D eigenvalue weighted by Crippen LogP contribution is -2.09. The molecule has 0 aliphatic rings. The summed E-state index contributed by atoms with van der Waals surface area (Å²) in [7, 11) is 3.41. The van der Waals surface area contributed by atoms with Crippen molar-refractivity contribution >= 4 is 21.6 Å². The van der Waals surface area contributed by atoms with Crippen molar-refractivity contribution in [1.29, 1.82) is 0 Å². The highest BCUT2D eigenvalue weighted by atomic mass is 79.9. The van der Waals surface area contributed by atoms with Crippen LogP contribution in [0.2, 0.25) is 0 Å². The van der Waals surface area contributed by atoms with Gasteiger partial charge in [0.1, 0.15) is 5.75 Å². The van der Waals surface area contributed by atoms with E-state index in [1.807, 2.05) is 20.0 Å². The van der Waals surface area contributed by atoms with Gasteiger partial charge in [-0.25, -0.2) is 0 Å². The first kappa shape index (κ1) is 14.9. The second-order valence-electron chi connectivity index (χ2n) is 4.65. The fourth-order valence-corrected chi connectivity index (χ4v) is 2.72. The molecule has 0 fully saturated rings. The summed E-state index contributed by atoms with van der Waals surface area (Å²) in [5.41, 5.74) is 8.97. The van der Waals surface area contributed by atoms with Gasteiger partial charge in [-0.3, -0.25) is 4.68 Å². The third kappa shape index (κ3) is 2.66. The van der Waals surface area contributed by atoms with Gasteiger partial charge < -0.3 is 15.6 Å². The number of nitrogens with zero attached hydrogens (tertiary/aromatic N) is 2. The van der Waals surface area contributed by atoms with Crippen molar-refractivity contribution in [2.75, 3.05) is 12.8 Å². The Morgan fingerprint density at radius 1 is 1.50 bits per heavy atom. The molecule has 0 saturated carbocycles. The minimum atomic E-state index is -0.712. The Bertz CT molecular complexity index is 625.